The Morgan fingerprint density at radius 1 is 1.12 bits per heavy atom. The number of nitrogens with one attached hydrogen (secondary N) is 2. The molecule has 7 nitrogen and oxygen atoms in total. The number of thiophene rings is 1. The highest BCUT2D eigenvalue weighted by Gasteiger charge is 2.29. The third-order valence-corrected chi connectivity index (χ3v) is 5.74. The average Bonchev–Trinajstić information content (AvgIpc) is 3.01. The van der Waals surface area contributed by atoms with Crippen molar-refractivity contribution in [3.63, 3.8) is 0 Å². The first-order valence-electron chi connectivity index (χ1n) is 7.48. The molecule has 2 amide bonds. The molecule has 2 rings (SSSR count). The maximum Gasteiger partial charge on any atom is 0.251 e. The van der Waals surface area contributed by atoms with Crippen LogP contribution in [0.5, 0.6) is 0 Å². The molecule has 0 aliphatic carbocycles. The molecule has 1 aromatic carbocycles. The second-order valence-corrected chi connectivity index (χ2v) is 8.30. The average molecular weight is 381 g/mol. The van der Waals surface area contributed by atoms with Gasteiger partial charge in [0.05, 0.1) is 10.5 Å². The van der Waals surface area contributed by atoms with Crippen LogP contribution in [0.4, 0.5) is 5.00 Å². The Morgan fingerprint density at radius 2 is 1.76 bits per heavy atom. The Labute approximate surface area is 150 Å². The van der Waals surface area contributed by atoms with Gasteiger partial charge >= 0.3 is 0 Å². The van der Waals surface area contributed by atoms with Gasteiger partial charge in [0.25, 0.3) is 5.91 Å². The lowest BCUT2D eigenvalue weighted by molar-refractivity contribution is -0.118. The molecule has 1 atom stereocenters. The van der Waals surface area contributed by atoms with E-state index in [1.807, 2.05) is 0 Å². The lowest BCUT2D eigenvalue weighted by atomic mass is 10.1. The zero-order valence-electron chi connectivity index (χ0n) is 13.7. The zero-order valence-corrected chi connectivity index (χ0v) is 15.4. The number of hydrogen-bond donors (Lipinski definition) is 3. The van der Waals surface area contributed by atoms with Crippen LogP contribution in [0.2, 0.25) is 0 Å². The Kier molecular flexibility index (Phi) is 5.93. The van der Waals surface area contributed by atoms with Crippen molar-refractivity contribution in [1.82, 2.24) is 4.72 Å². The van der Waals surface area contributed by atoms with Crippen LogP contribution in [-0.4, -0.2) is 26.3 Å². The van der Waals surface area contributed by atoms with Crippen LogP contribution < -0.4 is 15.8 Å². The number of hydrogen-bond acceptors (Lipinski definition) is 5. The first-order valence-corrected chi connectivity index (χ1v) is 9.84. The summed E-state index contributed by atoms with van der Waals surface area (Å²) < 4.78 is 27.4. The van der Waals surface area contributed by atoms with E-state index >= 15 is 0 Å². The summed E-state index contributed by atoms with van der Waals surface area (Å²) in [5.74, 6) is -1.53. The van der Waals surface area contributed by atoms with Gasteiger partial charge in [0, 0.05) is 0 Å². The molecule has 0 saturated heterocycles. The maximum atomic E-state index is 12.6. The maximum absolute atomic E-state index is 12.6. The van der Waals surface area contributed by atoms with Gasteiger partial charge in [-0.25, -0.2) is 8.42 Å². The van der Waals surface area contributed by atoms with Gasteiger partial charge < -0.3 is 11.1 Å². The minimum atomic E-state index is -3.85. The van der Waals surface area contributed by atoms with E-state index in [2.05, 4.69) is 10.0 Å². The Balaban J connectivity index is 2.22. The van der Waals surface area contributed by atoms with E-state index in [0.29, 0.717) is 5.00 Å². The van der Waals surface area contributed by atoms with Crippen molar-refractivity contribution in [3.05, 3.63) is 47.3 Å². The molecule has 25 heavy (non-hydrogen) atoms. The second-order valence-electron chi connectivity index (χ2n) is 5.67. The molecule has 0 radical (unpaired) electrons. The highest BCUT2D eigenvalue weighted by molar-refractivity contribution is 7.89. The first-order chi connectivity index (χ1) is 11.7. The van der Waals surface area contributed by atoms with E-state index in [1.165, 1.54) is 18.2 Å². The van der Waals surface area contributed by atoms with Crippen LogP contribution in [0.1, 0.15) is 24.2 Å². The fourth-order valence-corrected chi connectivity index (χ4v) is 4.28. The quantitative estimate of drug-likeness (QED) is 0.677. The van der Waals surface area contributed by atoms with Crippen molar-refractivity contribution in [3.8, 4) is 0 Å². The summed E-state index contributed by atoms with van der Waals surface area (Å²) in [7, 11) is -3.85. The van der Waals surface area contributed by atoms with Gasteiger partial charge in [-0.3, -0.25) is 9.59 Å². The van der Waals surface area contributed by atoms with Crippen molar-refractivity contribution >= 4 is 38.2 Å². The van der Waals surface area contributed by atoms with Gasteiger partial charge in [-0.2, -0.15) is 4.72 Å². The molecule has 0 bridgehead atoms. The number of nitrogens with two attached hydrogens (primary N) is 1. The molecular formula is C16H19N3O4S2. The summed E-state index contributed by atoms with van der Waals surface area (Å²) in [6, 6.07) is 8.29. The van der Waals surface area contributed by atoms with Gasteiger partial charge in [-0.05, 0) is 29.5 Å². The predicted molar refractivity (Wildman–Crippen MR) is 96.9 cm³/mol. The van der Waals surface area contributed by atoms with Crippen molar-refractivity contribution in [2.75, 3.05) is 5.32 Å². The van der Waals surface area contributed by atoms with E-state index in [0.717, 1.165) is 11.3 Å². The van der Waals surface area contributed by atoms with Gasteiger partial charge in [-0.1, -0.05) is 32.0 Å². The minimum Gasteiger partial charge on any atom is -0.366 e. The smallest absolute Gasteiger partial charge is 0.251 e. The summed E-state index contributed by atoms with van der Waals surface area (Å²) in [6.07, 6.45) is 0. The molecule has 0 aliphatic rings. The topological polar surface area (TPSA) is 118 Å². The molecule has 1 unspecified atom stereocenters. The third kappa shape index (κ3) is 4.65. The van der Waals surface area contributed by atoms with Crippen molar-refractivity contribution in [1.29, 1.82) is 0 Å². The molecule has 0 saturated carbocycles. The SMILES string of the molecule is CC(C)C(NS(=O)(=O)c1ccccc1)C(=O)Nc1sccc1C(N)=O. The Hall–Kier alpha value is -2.23. The third-order valence-electron chi connectivity index (χ3n) is 3.45. The van der Waals surface area contributed by atoms with Crippen LogP contribution in [0.25, 0.3) is 0 Å². The molecule has 2 aromatic rings. The highest BCUT2D eigenvalue weighted by Crippen LogP contribution is 2.23. The normalized spacial score (nSPS) is 12.8. The second kappa shape index (κ2) is 7.77. The van der Waals surface area contributed by atoms with Gasteiger partial charge in [-0.15, -0.1) is 11.3 Å². The van der Waals surface area contributed by atoms with Crippen LogP contribution in [0, 0.1) is 5.92 Å². The molecule has 0 spiro atoms. The number of sulfonamides is 1. The number of rotatable bonds is 7. The molecule has 134 valence electrons. The van der Waals surface area contributed by atoms with E-state index in [1.54, 1.807) is 37.4 Å². The molecule has 1 heterocycles. The monoisotopic (exact) mass is 381 g/mol. The van der Waals surface area contributed by atoms with Crippen molar-refractivity contribution in [2.24, 2.45) is 11.7 Å². The van der Waals surface area contributed by atoms with E-state index in [-0.39, 0.29) is 16.4 Å². The number of benzene rings is 1. The highest BCUT2D eigenvalue weighted by atomic mass is 32.2. The lowest BCUT2D eigenvalue weighted by Gasteiger charge is -2.21. The van der Waals surface area contributed by atoms with E-state index in [4.69, 9.17) is 5.73 Å². The molecule has 0 fully saturated rings. The fraction of sp³-hybridized carbons (Fsp3) is 0.250. The molecule has 9 heteroatoms. The molecule has 4 N–H and O–H groups in total. The summed E-state index contributed by atoms with van der Waals surface area (Å²) >= 11 is 1.14. The fourth-order valence-electron chi connectivity index (χ4n) is 2.12. The van der Waals surface area contributed by atoms with Gasteiger partial charge in [0.1, 0.15) is 11.0 Å². The lowest BCUT2D eigenvalue weighted by Crippen LogP contribution is -2.47. The summed E-state index contributed by atoms with van der Waals surface area (Å²) in [5, 5.41) is 4.49. The molecular weight excluding hydrogens is 362 g/mol. The van der Waals surface area contributed by atoms with Crippen molar-refractivity contribution in [2.45, 2.75) is 24.8 Å². The molecule has 0 aliphatic heterocycles. The Morgan fingerprint density at radius 3 is 2.32 bits per heavy atom. The van der Waals surface area contributed by atoms with Crippen LogP contribution >= 0.6 is 11.3 Å². The number of carbonyl (C=O) groups is 2. The Bertz CT molecular complexity index is 861. The minimum absolute atomic E-state index is 0.0717. The van der Waals surface area contributed by atoms with E-state index < -0.39 is 27.9 Å². The van der Waals surface area contributed by atoms with Gasteiger partial charge in [0.15, 0.2) is 0 Å². The van der Waals surface area contributed by atoms with Crippen LogP contribution in [0.15, 0.2) is 46.7 Å². The predicted octanol–water partition coefficient (Wildman–Crippen LogP) is 1.79. The number of primary amides is 1. The zero-order chi connectivity index (χ0) is 18.6. The summed E-state index contributed by atoms with van der Waals surface area (Å²) in [6.45, 7) is 3.45. The summed E-state index contributed by atoms with van der Waals surface area (Å²) in [5.41, 5.74) is 5.44. The standard InChI is InChI=1S/C16H19N3O4S2/c1-10(2)13(19-25(22,23)11-6-4-3-5-7-11)15(21)18-16-12(14(17)20)8-9-24-16/h3-10,13,19H,1-2H3,(H2,17,20)(H,18,21). The molecule has 1 aromatic heterocycles. The largest absolute Gasteiger partial charge is 0.366 e. The summed E-state index contributed by atoms with van der Waals surface area (Å²) in [4.78, 5) is 24.0. The number of amides is 2. The number of carbonyl (C=O) groups excluding carboxylic acids is 2. The first kappa shape index (κ1) is 19.1. The van der Waals surface area contributed by atoms with E-state index in [9.17, 15) is 18.0 Å². The van der Waals surface area contributed by atoms with Crippen LogP contribution in [0.3, 0.4) is 0 Å². The number of anilines is 1. The van der Waals surface area contributed by atoms with Gasteiger partial charge in [0.2, 0.25) is 15.9 Å². The van der Waals surface area contributed by atoms with Crippen molar-refractivity contribution < 1.29 is 18.0 Å². The van der Waals surface area contributed by atoms with Crippen LogP contribution in [-0.2, 0) is 14.8 Å².